The summed E-state index contributed by atoms with van der Waals surface area (Å²) < 4.78 is 7.46. The molecule has 0 spiro atoms. The van der Waals surface area contributed by atoms with Crippen molar-refractivity contribution in [2.75, 3.05) is 23.9 Å². The third-order valence-electron chi connectivity index (χ3n) is 7.19. The Morgan fingerprint density at radius 2 is 1.97 bits per heavy atom. The first-order valence-electron chi connectivity index (χ1n) is 12.7. The highest BCUT2D eigenvalue weighted by atomic mass is 16.5. The number of nitrogens with zero attached hydrogens (tertiary/aromatic N) is 6. The molecule has 1 unspecified atom stereocenters. The SMILES string of the molecule is COc1cnc(Nc2ccc(N3CCCCC3=O)cc2)nc1-c1cnn(C(CC#N)C2CCCC2)c1. The van der Waals surface area contributed by atoms with Gasteiger partial charge in [-0.1, -0.05) is 12.8 Å². The fraction of sp³-hybridized carbons (Fsp3) is 0.444. The zero-order valence-electron chi connectivity index (χ0n) is 20.6. The fourth-order valence-corrected chi connectivity index (χ4v) is 5.27. The number of rotatable bonds is 8. The zero-order chi connectivity index (χ0) is 24.9. The van der Waals surface area contributed by atoms with Crippen LogP contribution in [0.5, 0.6) is 5.75 Å². The highest BCUT2D eigenvalue weighted by Crippen LogP contribution is 2.37. The van der Waals surface area contributed by atoms with Crippen molar-refractivity contribution >= 4 is 23.2 Å². The summed E-state index contributed by atoms with van der Waals surface area (Å²) in [6.45, 7) is 0.764. The summed E-state index contributed by atoms with van der Waals surface area (Å²) in [5.74, 6) is 1.64. The average molecular weight is 486 g/mol. The molecule has 36 heavy (non-hydrogen) atoms. The highest BCUT2D eigenvalue weighted by Gasteiger charge is 2.27. The van der Waals surface area contributed by atoms with E-state index in [1.807, 2.05) is 40.0 Å². The minimum Gasteiger partial charge on any atom is -0.493 e. The number of hydrogen-bond donors (Lipinski definition) is 1. The van der Waals surface area contributed by atoms with Gasteiger partial charge in [-0.3, -0.25) is 9.48 Å². The minimum atomic E-state index is 0.0713. The first-order valence-corrected chi connectivity index (χ1v) is 12.7. The number of nitrogens with one attached hydrogen (secondary N) is 1. The second kappa shape index (κ2) is 10.8. The van der Waals surface area contributed by atoms with Gasteiger partial charge < -0.3 is 15.0 Å². The Morgan fingerprint density at radius 1 is 1.17 bits per heavy atom. The number of anilines is 3. The van der Waals surface area contributed by atoms with Gasteiger partial charge in [0, 0.05) is 36.1 Å². The fourth-order valence-electron chi connectivity index (χ4n) is 5.27. The number of ether oxygens (including phenoxy) is 1. The lowest BCUT2D eigenvalue weighted by atomic mass is 9.96. The summed E-state index contributed by atoms with van der Waals surface area (Å²) in [5.41, 5.74) is 3.18. The van der Waals surface area contributed by atoms with Crippen LogP contribution in [0.15, 0.2) is 42.9 Å². The lowest BCUT2D eigenvalue weighted by Gasteiger charge is -2.26. The molecule has 9 heteroatoms. The van der Waals surface area contributed by atoms with Gasteiger partial charge in [-0.25, -0.2) is 9.97 Å². The molecule has 1 aliphatic carbocycles. The maximum atomic E-state index is 12.2. The van der Waals surface area contributed by atoms with E-state index in [0.29, 0.717) is 36.2 Å². The molecule has 0 radical (unpaired) electrons. The van der Waals surface area contributed by atoms with Crippen LogP contribution < -0.4 is 15.0 Å². The number of methoxy groups -OCH3 is 1. The molecular formula is C27H31N7O2. The maximum absolute atomic E-state index is 12.2. The van der Waals surface area contributed by atoms with E-state index < -0.39 is 0 Å². The normalized spacial score (nSPS) is 17.1. The van der Waals surface area contributed by atoms with Gasteiger partial charge in [0.2, 0.25) is 11.9 Å². The van der Waals surface area contributed by atoms with Gasteiger partial charge in [-0.05, 0) is 55.9 Å². The average Bonchev–Trinajstić information content (AvgIpc) is 3.61. The Kier molecular flexibility index (Phi) is 7.12. The van der Waals surface area contributed by atoms with Gasteiger partial charge >= 0.3 is 0 Å². The van der Waals surface area contributed by atoms with Crippen molar-refractivity contribution < 1.29 is 9.53 Å². The smallest absolute Gasteiger partial charge is 0.227 e. The monoisotopic (exact) mass is 485 g/mol. The van der Waals surface area contributed by atoms with Crippen molar-refractivity contribution in [2.24, 2.45) is 5.92 Å². The summed E-state index contributed by atoms with van der Waals surface area (Å²) in [6.07, 6.45) is 13.1. The zero-order valence-corrected chi connectivity index (χ0v) is 20.6. The van der Waals surface area contributed by atoms with Gasteiger partial charge in [0.15, 0.2) is 5.75 Å². The molecule has 5 rings (SSSR count). The van der Waals surface area contributed by atoms with Gasteiger partial charge in [0.1, 0.15) is 5.69 Å². The molecule has 1 amide bonds. The summed E-state index contributed by atoms with van der Waals surface area (Å²) >= 11 is 0. The molecule has 1 saturated carbocycles. The van der Waals surface area contributed by atoms with Crippen LogP contribution >= 0.6 is 0 Å². The second-order valence-electron chi connectivity index (χ2n) is 9.47. The van der Waals surface area contributed by atoms with Crippen LogP contribution in [0.1, 0.15) is 57.4 Å². The third kappa shape index (κ3) is 5.03. The van der Waals surface area contributed by atoms with Crippen molar-refractivity contribution in [3.05, 3.63) is 42.9 Å². The van der Waals surface area contributed by atoms with E-state index >= 15 is 0 Å². The van der Waals surface area contributed by atoms with Crippen LogP contribution in [0.3, 0.4) is 0 Å². The standard InChI is InChI=1S/C27H31N7O2/c1-36-24-17-29-27(31-21-9-11-22(12-10-21)33-15-5-4-8-25(33)35)32-26(24)20-16-30-34(18-20)23(13-14-28)19-6-2-3-7-19/h9-12,16-19,23H,2-8,13,15H2,1H3,(H,29,31,32). The Bertz CT molecular complexity index is 1240. The summed E-state index contributed by atoms with van der Waals surface area (Å²) in [4.78, 5) is 23.2. The second-order valence-corrected chi connectivity index (χ2v) is 9.47. The molecule has 3 heterocycles. The molecule has 2 aliphatic rings. The van der Waals surface area contributed by atoms with Crippen molar-refractivity contribution in [3.63, 3.8) is 0 Å². The predicted molar refractivity (Wildman–Crippen MR) is 137 cm³/mol. The summed E-state index contributed by atoms with van der Waals surface area (Å²) in [7, 11) is 1.59. The first-order chi connectivity index (χ1) is 17.7. The number of carbonyl (C=O) groups is 1. The van der Waals surface area contributed by atoms with E-state index in [9.17, 15) is 10.1 Å². The maximum Gasteiger partial charge on any atom is 0.227 e. The van der Waals surface area contributed by atoms with E-state index in [-0.39, 0.29) is 11.9 Å². The van der Waals surface area contributed by atoms with E-state index in [0.717, 1.165) is 49.2 Å². The summed E-state index contributed by atoms with van der Waals surface area (Å²) in [6, 6.07) is 10.1. The lowest BCUT2D eigenvalue weighted by Crippen LogP contribution is -2.35. The van der Waals surface area contributed by atoms with Crippen LogP contribution in [-0.4, -0.2) is 39.3 Å². The Hall–Kier alpha value is -3.93. The highest BCUT2D eigenvalue weighted by molar-refractivity contribution is 5.94. The molecule has 1 saturated heterocycles. The van der Waals surface area contributed by atoms with Gasteiger partial charge in [0.05, 0.1) is 38.0 Å². The molecule has 0 bridgehead atoms. The number of hydrogen-bond acceptors (Lipinski definition) is 7. The van der Waals surface area contributed by atoms with E-state index in [1.54, 1.807) is 19.5 Å². The molecule has 1 N–H and O–H groups in total. The number of aromatic nitrogens is 4. The minimum absolute atomic E-state index is 0.0713. The van der Waals surface area contributed by atoms with Gasteiger partial charge in [0.25, 0.3) is 0 Å². The first kappa shape index (κ1) is 23.8. The van der Waals surface area contributed by atoms with Crippen molar-refractivity contribution in [1.82, 2.24) is 19.7 Å². The van der Waals surface area contributed by atoms with Crippen LogP contribution in [0, 0.1) is 17.2 Å². The van der Waals surface area contributed by atoms with Crippen LogP contribution in [-0.2, 0) is 4.79 Å². The topological polar surface area (TPSA) is 109 Å². The number of amides is 1. The molecule has 1 aliphatic heterocycles. The molecule has 2 fully saturated rings. The van der Waals surface area contributed by atoms with Gasteiger partial charge in [-0.2, -0.15) is 10.4 Å². The number of piperidine rings is 1. The van der Waals surface area contributed by atoms with Crippen LogP contribution in [0.4, 0.5) is 17.3 Å². The number of carbonyl (C=O) groups excluding carboxylic acids is 1. The summed E-state index contributed by atoms with van der Waals surface area (Å²) in [5, 5.41) is 17.2. The molecule has 3 aromatic rings. The molecule has 2 aromatic heterocycles. The Labute approximate surface area is 211 Å². The van der Waals surface area contributed by atoms with Gasteiger partial charge in [-0.15, -0.1) is 0 Å². The van der Waals surface area contributed by atoms with E-state index in [1.165, 1.54) is 12.8 Å². The van der Waals surface area contributed by atoms with Crippen molar-refractivity contribution in [1.29, 1.82) is 5.26 Å². The van der Waals surface area contributed by atoms with Crippen LogP contribution in [0.25, 0.3) is 11.3 Å². The molecule has 1 aromatic carbocycles. The van der Waals surface area contributed by atoms with Crippen LogP contribution in [0.2, 0.25) is 0 Å². The number of nitriles is 1. The molecule has 1 atom stereocenters. The van der Waals surface area contributed by atoms with Crippen molar-refractivity contribution in [3.8, 4) is 23.1 Å². The third-order valence-corrected chi connectivity index (χ3v) is 7.19. The lowest BCUT2D eigenvalue weighted by molar-refractivity contribution is -0.119. The number of benzene rings is 1. The van der Waals surface area contributed by atoms with E-state index in [2.05, 4.69) is 21.5 Å². The quantitative estimate of drug-likeness (QED) is 0.464. The Balaban J connectivity index is 1.35. The Morgan fingerprint density at radius 3 is 2.69 bits per heavy atom. The van der Waals surface area contributed by atoms with E-state index in [4.69, 9.17) is 9.72 Å². The van der Waals surface area contributed by atoms with Crippen molar-refractivity contribution in [2.45, 2.75) is 57.4 Å². The molecule has 9 nitrogen and oxygen atoms in total. The molecular weight excluding hydrogens is 454 g/mol. The largest absolute Gasteiger partial charge is 0.493 e. The predicted octanol–water partition coefficient (Wildman–Crippen LogP) is 5.25. The molecule has 186 valence electrons.